The molecular weight excluding hydrogens is 514 g/mol. The maximum Gasteiger partial charge on any atom is 0.269 e. The average Bonchev–Trinajstić information content (AvgIpc) is 3.28. The van der Waals surface area contributed by atoms with Crippen LogP contribution >= 0.6 is 11.6 Å². The first-order valence-corrected chi connectivity index (χ1v) is 13.1. The number of non-ortho nitro benzene ring substituents is 1. The van der Waals surface area contributed by atoms with E-state index >= 15 is 0 Å². The van der Waals surface area contributed by atoms with Gasteiger partial charge in [-0.3, -0.25) is 14.9 Å². The van der Waals surface area contributed by atoms with Gasteiger partial charge < -0.3 is 9.40 Å². The van der Waals surface area contributed by atoms with E-state index in [0.717, 1.165) is 28.1 Å². The number of Topliss-reactive ketones (excluding diaryl/α,β-unsaturated/α-hetero) is 1. The Hall–Kier alpha value is -4.23. The van der Waals surface area contributed by atoms with Gasteiger partial charge in [0, 0.05) is 41.4 Å². The fourth-order valence-electron chi connectivity index (χ4n) is 4.44. The van der Waals surface area contributed by atoms with Crippen molar-refractivity contribution in [2.24, 2.45) is 5.16 Å². The highest BCUT2D eigenvalue weighted by Crippen LogP contribution is 2.27. The van der Waals surface area contributed by atoms with Gasteiger partial charge in [0.25, 0.3) is 5.69 Å². The summed E-state index contributed by atoms with van der Waals surface area (Å²) in [5.41, 5.74) is 5.16. The lowest BCUT2D eigenvalue weighted by Gasteiger charge is -2.16. The topological polar surface area (TPSA) is 86.7 Å². The predicted octanol–water partition coefficient (Wildman–Crippen LogP) is 7.76. The Morgan fingerprint density at radius 1 is 1.05 bits per heavy atom. The van der Waals surface area contributed by atoms with Gasteiger partial charge in [-0.2, -0.15) is 0 Å². The van der Waals surface area contributed by atoms with Crippen molar-refractivity contribution in [3.8, 4) is 5.75 Å². The number of nitro benzene ring substituents is 1. The fraction of sp³-hybridized carbons (Fsp3) is 0.226. The standard InChI is InChI=1S/C31H30ClN3O4/c1-21(2)31-29(30(36)16-11-23-5-4-6-26(17-23)35(37)38)18-27(19-33-39-28-14-7-22(3)8-15-28)34(31)20-24-9-12-25(32)13-10-24/h4-10,12-15,17-19,21H,11,16,20H2,1-3H3/b33-19-. The summed E-state index contributed by atoms with van der Waals surface area (Å²) in [5.74, 6) is 0.633. The molecule has 0 aliphatic carbocycles. The van der Waals surface area contributed by atoms with Crippen LogP contribution in [0.3, 0.4) is 0 Å². The van der Waals surface area contributed by atoms with Crippen molar-refractivity contribution in [3.05, 3.63) is 128 Å². The minimum absolute atomic E-state index is 0.0176. The Kier molecular flexibility index (Phi) is 8.94. The number of ketones is 1. The van der Waals surface area contributed by atoms with Crippen LogP contribution in [0, 0.1) is 17.0 Å². The summed E-state index contributed by atoms with van der Waals surface area (Å²) in [6.07, 6.45) is 2.25. The molecule has 4 aromatic rings. The molecule has 200 valence electrons. The van der Waals surface area contributed by atoms with E-state index in [9.17, 15) is 14.9 Å². The minimum atomic E-state index is -0.427. The van der Waals surface area contributed by atoms with Gasteiger partial charge in [0.2, 0.25) is 0 Å². The van der Waals surface area contributed by atoms with Gasteiger partial charge in [0.05, 0.1) is 16.8 Å². The first-order valence-electron chi connectivity index (χ1n) is 12.7. The summed E-state index contributed by atoms with van der Waals surface area (Å²) in [6, 6.07) is 23.5. The number of hydrogen-bond acceptors (Lipinski definition) is 5. The molecule has 0 atom stereocenters. The highest BCUT2D eigenvalue weighted by molar-refractivity contribution is 6.30. The molecule has 1 aromatic heterocycles. The van der Waals surface area contributed by atoms with E-state index in [0.29, 0.717) is 29.3 Å². The third-order valence-electron chi connectivity index (χ3n) is 6.40. The van der Waals surface area contributed by atoms with Crippen LogP contribution in [-0.4, -0.2) is 21.5 Å². The molecule has 4 rings (SSSR count). The predicted molar refractivity (Wildman–Crippen MR) is 154 cm³/mol. The first-order chi connectivity index (χ1) is 18.7. The molecule has 3 aromatic carbocycles. The Balaban J connectivity index is 1.65. The monoisotopic (exact) mass is 543 g/mol. The third kappa shape index (κ3) is 7.21. The van der Waals surface area contributed by atoms with Crippen LogP contribution < -0.4 is 4.84 Å². The number of nitro groups is 1. The van der Waals surface area contributed by atoms with E-state index in [1.807, 2.05) is 61.5 Å². The zero-order valence-electron chi connectivity index (χ0n) is 22.1. The number of hydrogen-bond donors (Lipinski definition) is 0. The molecule has 0 aliphatic rings. The molecule has 0 saturated carbocycles. The van der Waals surface area contributed by atoms with Crippen molar-refractivity contribution in [3.63, 3.8) is 0 Å². The Morgan fingerprint density at radius 2 is 1.77 bits per heavy atom. The molecule has 39 heavy (non-hydrogen) atoms. The zero-order valence-corrected chi connectivity index (χ0v) is 22.9. The SMILES string of the molecule is Cc1ccc(O/N=C\c2cc(C(=O)CCc3cccc([N+](=O)[O-])c3)c(C(C)C)n2Cc2ccc(Cl)cc2)cc1. The van der Waals surface area contributed by atoms with Crippen LogP contribution in [0.4, 0.5) is 5.69 Å². The van der Waals surface area contributed by atoms with E-state index in [1.165, 1.54) is 12.1 Å². The maximum absolute atomic E-state index is 13.5. The number of aromatic nitrogens is 1. The fourth-order valence-corrected chi connectivity index (χ4v) is 4.57. The van der Waals surface area contributed by atoms with Crippen molar-refractivity contribution in [2.45, 2.75) is 46.1 Å². The second-order valence-electron chi connectivity index (χ2n) is 9.72. The van der Waals surface area contributed by atoms with Gasteiger partial charge in [-0.1, -0.05) is 72.6 Å². The second kappa shape index (κ2) is 12.5. The molecule has 0 bridgehead atoms. The average molecular weight is 544 g/mol. The van der Waals surface area contributed by atoms with Crippen LogP contribution in [0.5, 0.6) is 5.75 Å². The number of nitrogens with zero attached hydrogens (tertiary/aromatic N) is 3. The number of aryl methyl sites for hydroxylation is 2. The molecule has 0 N–H and O–H groups in total. The minimum Gasteiger partial charge on any atom is -0.357 e. The Morgan fingerprint density at radius 3 is 2.44 bits per heavy atom. The van der Waals surface area contributed by atoms with Gasteiger partial charge in [-0.15, -0.1) is 0 Å². The van der Waals surface area contributed by atoms with Crippen LogP contribution in [-0.2, 0) is 13.0 Å². The highest BCUT2D eigenvalue weighted by Gasteiger charge is 2.22. The Bertz CT molecular complexity index is 1490. The van der Waals surface area contributed by atoms with Crippen molar-refractivity contribution in [1.29, 1.82) is 0 Å². The smallest absolute Gasteiger partial charge is 0.269 e. The van der Waals surface area contributed by atoms with Gasteiger partial charge in [-0.25, -0.2) is 0 Å². The van der Waals surface area contributed by atoms with E-state index in [-0.39, 0.29) is 23.8 Å². The van der Waals surface area contributed by atoms with E-state index < -0.39 is 4.92 Å². The van der Waals surface area contributed by atoms with E-state index in [4.69, 9.17) is 16.4 Å². The summed E-state index contributed by atoms with van der Waals surface area (Å²) in [7, 11) is 0. The van der Waals surface area contributed by atoms with Crippen molar-refractivity contribution in [2.75, 3.05) is 0 Å². The molecule has 1 heterocycles. The van der Waals surface area contributed by atoms with E-state index in [1.54, 1.807) is 18.3 Å². The normalized spacial score (nSPS) is 11.3. The van der Waals surface area contributed by atoms with Crippen molar-refractivity contribution < 1.29 is 14.6 Å². The van der Waals surface area contributed by atoms with Crippen LogP contribution in [0.1, 0.15) is 64.6 Å². The number of benzene rings is 3. The summed E-state index contributed by atoms with van der Waals surface area (Å²) >= 11 is 6.10. The number of halogens is 1. The first kappa shape index (κ1) is 27.8. The van der Waals surface area contributed by atoms with Gasteiger partial charge >= 0.3 is 0 Å². The van der Waals surface area contributed by atoms with Gasteiger partial charge in [0.15, 0.2) is 11.5 Å². The number of carbonyl (C=O) groups is 1. The lowest BCUT2D eigenvalue weighted by molar-refractivity contribution is -0.384. The molecule has 0 saturated heterocycles. The summed E-state index contributed by atoms with van der Waals surface area (Å²) in [5, 5.41) is 16.0. The zero-order chi connectivity index (χ0) is 27.9. The molecule has 7 nitrogen and oxygen atoms in total. The molecular formula is C31H30ClN3O4. The lowest BCUT2D eigenvalue weighted by Crippen LogP contribution is -2.12. The Labute approximate surface area is 232 Å². The second-order valence-corrected chi connectivity index (χ2v) is 10.2. The molecule has 0 radical (unpaired) electrons. The van der Waals surface area contributed by atoms with Gasteiger partial charge in [0.1, 0.15) is 0 Å². The molecule has 0 unspecified atom stereocenters. The van der Waals surface area contributed by atoms with E-state index in [2.05, 4.69) is 23.6 Å². The van der Waals surface area contributed by atoms with Crippen LogP contribution in [0.25, 0.3) is 0 Å². The largest absolute Gasteiger partial charge is 0.357 e. The lowest BCUT2D eigenvalue weighted by atomic mass is 9.98. The molecule has 0 spiro atoms. The van der Waals surface area contributed by atoms with Crippen LogP contribution in [0.2, 0.25) is 5.02 Å². The number of oxime groups is 1. The molecule has 8 heteroatoms. The van der Waals surface area contributed by atoms with Crippen molar-refractivity contribution >= 4 is 29.3 Å². The summed E-state index contributed by atoms with van der Waals surface area (Å²) < 4.78 is 2.08. The summed E-state index contributed by atoms with van der Waals surface area (Å²) in [6.45, 7) is 6.62. The molecule has 0 aliphatic heterocycles. The number of carbonyl (C=O) groups excluding carboxylic acids is 1. The van der Waals surface area contributed by atoms with Gasteiger partial charge in [-0.05, 0) is 60.7 Å². The maximum atomic E-state index is 13.5. The highest BCUT2D eigenvalue weighted by atomic mass is 35.5. The number of rotatable bonds is 11. The quantitative estimate of drug-likeness (QED) is 0.0837. The molecule has 0 amide bonds. The van der Waals surface area contributed by atoms with Crippen molar-refractivity contribution in [1.82, 2.24) is 4.57 Å². The van der Waals surface area contributed by atoms with Crippen LogP contribution in [0.15, 0.2) is 84.0 Å². The third-order valence-corrected chi connectivity index (χ3v) is 6.65. The summed E-state index contributed by atoms with van der Waals surface area (Å²) in [4.78, 5) is 29.8. The molecule has 0 fully saturated rings.